The van der Waals surface area contributed by atoms with Crippen LogP contribution in [0.25, 0.3) is 0 Å². The quantitative estimate of drug-likeness (QED) is 0.744. The molecule has 0 spiro atoms. The summed E-state index contributed by atoms with van der Waals surface area (Å²) in [5, 5.41) is 0. The summed E-state index contributed by atoms with van der Waals surface area (Å²) in [6.07, 6.45) is 0.124. The van der Waals surface area contributed by atoms with E-state index in [0.717, 1.165) is 11.1 Å². The van der Waals surface area contributed by atoms with E-state index in [4.69, 9.17) is 4.74 Å². The van der Waals surface area contributed by atoms with Crippen molar-refractivity contribution in [1.82, 2.24) is 4.90 Å². The zero-order valence-electron chi connectivity index (χ0n) is 10.6. The van der Waals surface area contributed by atoms with Crippen LogP contribution >= 0.6 is 0 Å². The summed E-state index contributed by atoms with van der Waals surface area (Å²) in [6.45, 7) is 7.31. The molecule has 2 rings (SSSR count). The standard InChI is InChI=1S/C14H19NO2/c1-10-6-4-5-7-13(10)14(16)15-8-12(3)17-9-11(15)2/h4-7,11-12H,8-9H2,1-3H3. The van der Waals surface area contributed by atoms with E-state index in [1.54, 1.807) is 0 Å². The number of carbonyl (C=O) groups is 1. The minimum Gasteiger partial charge on any atom is -0.375 e. The molecule has 3 heteroatoms. The maximum atomic E-state index is 12.4. The van der Waals surface area contributed by atoms with Gasteiger partial charge >= 0.3 is 0 Å². The van der Waals surface area contributed by atoms with Gasteiger partial charge in [0.2, 0.25) is 0 Å². The molecule has 0 aliphatic carbocycles. The van der Waals surface area contributed by atoms with Crippen molar-refractivity contribution in [2.24, 2.45) is 0 Å². The van der Waals surface area contributed by atoms with Crippen molar-refractivity contribution in [2.75, 3.05) is 13.2 Å². The Hall–Kier alpha value is -1.35. The summed E-state index contributed by atoms with van der Waals surface area (Å²) in [5.74, 6) is 0.116. The Morgan fingerprint density at radius 1 is 1.35 bits per heavy atom. The number of carbonyl (C=O) groups excluding carboxylic acids is 1. The van der Waals surface area contributed by atoms with Crippen LogP contribution in [-0.4, -0.2) is 36.1 Å². The Kier molecular flexibility index (Phi) is 3.48. The fraction of sp³-hybridized carbons (Fsp3) is 0.500. The van der Waals surface area contributed by atoms with Crippen LogP contribution in [0.3, 0.4) is 0 Å². The lowest BCUT2D eigenvalue weighted by atomic mass is 10.1. The lowest BCUT2D eigenvalue weighted by Gasteiger charge is -2.37. The minimum atomic E-state index is 0.116. The zero-order valence-corrected chi connectivity index (χ0v) is 10.6. The largest absolute Gasteiger partial charge is 0.375 e. The summed E-state index contributed by atoms with van der Waals surface area (Å²) in [7, 11) is 0. The SMILES string of the molecule is Cc1ccccc1C(=O)N1CC(C)OCC1C. The van der Waals surface area contributed by atoms with Crippen LogP contribution in [0.15, 0.2) is 24.3 Å². The summed E-state index contributed by atoms with van der Waals surface area (Å²) in [4.78, 5) is 14.4. The molecule has 0 radical (unpaired) electrons. The van der Waals surface area contributed by atoms with Crippen molar-refractivity contribution in [3.05, 3.63) is 35.4 Å². The van der Waals surface area contributed by atoms with Gasteiger partial charge in [-0.3, -0.25) is 4.79 Å². The van der Waals surface area contributed by atoms with E-state index in [9.17, 15) is 4.79 Å². The van der Waals surface area contributed by atoms with Crippen LogP contribution in [0.2, 0.25) is 0 Å². The van der Waals surface area contributed by atoms with Crippen molar-refractivity contribution in [2.45, 2.75) is 32.9 Å². The van der Waals surface area contributed by atoms with E-state index < -0.39 is 0 Å². The van der Waals surface area contributed by atoms with E-state index in [1.165, 1.54) is 0 Å². The molecule has 1 aliphatic rings. The first-order valence-corrected chi connectivity index (χ1v) is 6.08. The van der Waals surface area contributed by atoms with Crippen molar-refractivity contribution < 1.29 is 9.53 Å². The number of amides is 1. The molecule has 1 aliphatic heterocycles. The third-order valence-corrected chi connectivity index (χ3v) is 3.24. The molecule has 1 heterocycles. The first-order valence-electron chi connectivity index (χ1n) is 6.08. The molecule has 0 aromatic heterocycles. The fourth-order valence-corrected chi connectivity index (χ4v) is 2.15. The number of hydrogen-bond acceptors (Lipinski definition) is 2. The molecule has 92 valence electrons. The van der Waals surface area contributed by atoms with Gasteiger partial charge in [-0.05, 0) is 32.4 Å². The second-order valence-corrected chi connectivity index (χ2v) is 4.77. The maximum absolute atomic E-state index is 12.4. The highest BCUT2D eigenvalue weighted by Gasteiger charge is 2.28. The third-order valence-electron chi connectivity index (χ3n) is 3.24. The van der Waals surface area contributed by atoms with Gasteiger partial charge in [0.15, 0.2) is 0 Å². The molecular formula is C14H19NO2. The minimum absolute atomic E-state index is 0.116. The number of hydrogen-bond donors (Lipinski definition) is 0. The summed E-state index contributed by atoms with van der Waals surface area (Å²) < 4.78 is 5.54. The van der Waals surface area contributed by atoms with Crippen LogP contribution in [-0.2, 0) is 4.74 Å². The van der Waals surface area contributed by atoms with Gasteiger partial charge in [-0.15, -0.1) is 0 Å². The lowest BCUT2D eigenvalue weighted by molar-refractivity contribution is -0.0387. The lowest BCUT2D eigenvalue weighted by Crippen LogP contribution is -2.50. The van der Waals surface area contributed by atoms with Gasteiger partial charge in [0.25, 0.3) is 5.91 Å². The Labute approximate surface area is 102 Å². The molecule has 0 N–H and O–H groups in total. The molecule has 2 atom stereocenters. The predicted octanol–water partition coefficient (Wildman–Crippen LogP) is 2.24. The zero-order chi connectivity index (χ0) is 12.4. The Balaban J connectivity index is 2.22. The van der Waals surface area contributed by atoms with Gasteiger partial charge in [-0.1, -0.05) is 18.2 Å². The Morgan fingerprint density at radius 3 is 2.76 bits per heavy atom. The molecule has 2 unspecified atom stereocenters. The predicted molar refractivity (Wildman–Crippen MR) is 67.1 cm³/mol. The maximum Gasteiger partial charge on any atom is 0.254 e. The molecule has 0 bridgehead atoms. The number of morpholine rings is 1. The highest BCUT2D eigenvalue weighted by atomic mass is 16.5. The van der Waals surface area contributed by atoms with Crippen molar-refractivity contribution in [3.8, 4) is 0 Å². The first-order chi connectivity index (χ1) is 8.09. The molecule has 1 aromatic rings. The van der Waals surface area contributed by atoms with Crippen LogP contribution < -0.4 is 0 Å². The summed E-state index contributed by atoms with van der Waals surface area (Å²) in [6, 6.07) is 7.89. The fourth-order valence-electron chi connectivity index (χ4n) is 2.15. The Morgan fingerprint density at radius 2 is 2.06 bits per heavy atom. The summed E-state index contributed by atoms with van der Waals surface area (Å²) >= 11 is 0. The topological polar surface area (TPSA) is 29.5 Å². The third kappa shape index (κ3) is 2.50. The van der Waals surface area contributed by atoms with Crippen molar-refractivity contribution >= 4 is 5.91 Å². The highest BCUT2D eigenvalue weighted by molar-refractivity contribution is 5.95. The average Bonchev–Trinajstić information content (AvgIpc) is 2.32. The van der Waals surface area contributed by atoms with E-state index in [2.05, 4.69) is 0 Å². The van der Waals surface area contributed by atoms with Gasteiger partial charge in [0, 0.05) is 12.1 Å². The van der Waals surface area contributed by atoms with Crippen LogP contribution in [0.1, 0.15) is 29.8 Å². The first kappa shape index (κ1) is 12.1. The molecule has 1 saturated heterocycles. The van der Waals surface area contributed by atoms with E-state index in [-0.39, 0.29) is 18.1 Å². The molecule has 17 heavy (non-hydrogen) atoms. The Bertz CT molecular complexity index is 416. The number of ether oxygens (including phenoxy) is 1. The highest BCUT2D eigenvalue weighted by Crippen LogP contribution is 2.17. The summed E-state index contributed by atoms with van der Waals surface area (Å²) in [5.41, 5.74) is 1.83. The van der Waals surface area contributed by atoms with E-state index in [1.807, 2.05) is 49.9 Å². The van der Waals surface area contributed by atoms with Gasteiger partial charge < -0.3 is 9.64 Å². The number of benzene rings is 1. The smallest absolute Gasteiger partial charge is 0.254 e. The second-order valence-electron chi connectivity index (χ2n) is 4.77. The number of aryl methyl sites for hydroxylation is 1. The van der Waals surface area contributed by atoms with E-state index in [0.29, 0.717) is 13.2 Å². The molecular weight excluding hydrogens is 214 g/mol. The molecule has 0 saturated carbocycles. The van der Waals surface area contributed by atoms with Crippen molar-refractivity contribution in [1.29, 1.82) is 0 Å². The molecule has 1 amide bonds. The average molecular weight is 233 g/mol. The van der Waals surface area contributed by atoms with Crippen molar-refractivity contribution in [3.63, 3.8) is 0 Å². The van der Waals surface area contributed by atoms with Gasteiger partial charge in [0.05, 0.1) is 18.8 Å². The van der Waals surface area contributed by atoms with Crippen LogP contribution in [0, 0.1) is 6.92 Å². The molecule has 3 nitrogen and oxygen atoms in total. The second kappa shape index (κ2) is 4.88. The van der Waals surface area contributed by atoms with Crippen LogP contribution in [0.5, 0.6) is 0 Å². The number of nitrogens with zero attached hydrogens (tertiary/aromatic N) is 1. The van der Waals surface area contributed by atoms with Gasteiger partial charge in [-0.25, -0.2) is 0 Å². The van der Waals surface area contributed by atoms with Crippen LogP contribution in [0.4, 0.5) is 0 Å². The normalized spacial score (nSPS) is 24.8. The number of rotatable bonds is 1. The monoisotopic (exact) mass is 233 g/mol. The van der Waals surface area contributed by atoms with Gasteiger partial charge in [0.1, 0.15) is 0 Å². The van der Waals surface area contributed by atoms with E-state index >= 15 is 0 Å². The van der Waals surface area contributed by atoms with Gasteiger partial charge in [-0.2, -0.15) is 0 Å². The molecule has 1 aromatic carbocycles. The molecule has 1 fully saturated rings.